The van der Waals surface area contributed by atoms with E-state index in [9.17, 15) is 0 Å². The number of halogens is 2. The molecule has 0 radical (unpaired) electrons. The molecule has 0 unspecified atom stereocenters. The second-order valence-corrected chi connectivity index (χ2v) is 4.68. The number of rotatable bonds is 2. The lowest BCUT2D eigenvalue weighted by molar-refractivity contribution is 0.729. The lowest BCUT2D eigenvalue weighted by atomic mass is 10.3. The molecule has 0 saturated carbocycles. The minimum Gasteiger partial charge on any atom is -0.338 e. The first-order valence-electron chi connectivity index (χ1n) is 5.37. The SMILES string of the molecule is Cn1nnc2c(Nc3ccc(Cl)c(Cl)c3)ncnc21. The normalized spacial score (nSPS) is 10.9. The van der Waals surface area contributed by atoms with E-state index in [2.05, 4.69) is 25.6 Å². The summed E-state index contributed by atoms with van der Waals surface area (Å²) in [7, 11) is 1.77. The number of fused-ring (bicyclic) bond motifs is 1. The molecule has 0 fully saturated rings. The van der Waals surface area contributed by atoms with Crippen molar-refractivity contribution in [2.75, 3.05) is 5.32 Å². The number of nitrogens with one attached hydrogen (secondary N) is 1. The first-order chi connectivity index (χ1) is 9.15. The molecule has 0 aliphatic heterocycles. The molecule has 1 N–H and O–H groups in total. The quantitative estimate of drug-likeness (QED) is 0.787. The van der Waals surface area contributed by atoms with E-state index in [0.29, 0.717) is 27.0 Å². The van der Waals surface area contributed by atoms with Gasteiger partial charge in [-0.05, 0) is 18.2 Å². The van der Waals surface area contributed by atoms with Gasteiger partial charge in [0, 0.05) is 12.7 Å². The lowest BCUT2D eigenvalue weighted by Gasteiger charge is -2.06. The molecule has 2 heterocycles. The number of hydrogen-bond donors (Lipinski definition) is 1. The van der Waals surface area contributed by atoms with Crippen molar-refractivity contribution in [3.8, 4) is 0 Å². The molecule has 3 aromatic rings. The second kappa shape index (κ2) is 4.64. The highest BCUT2D eigenvalue weighted by Gasteiger charge is 2.10. The van der Waals surface area contributed by atoms with Gasteiger partial charge in [-0.25, -0.2) is 14.6 Å². The molecule has 2 aromatic heterocycles. The van der Waals surface area contributed by atoms with E-state index >= 15 is 0 Å². The van der Waals surface area contributed by atoms with Crippen molar-refractivity contribution in [3.05, 3.63) is 34.6 Å². The van der Waals surface area contributed by atoms with Gasteiger partial charge in [0.05, 0.1) is 10.0 Å². The van der Waals surface area contributed by atoms with Gasteiger partial charge in [0.15, 0.2) is 17.0 Å². The minimum absolute atomic E-state index is 0.469. The molecule has 0 aliphatic rings. The van der Waals surface area contributed by atoms with Crippen LogP contribution in [0.4, 0.5) is 11.5 Å². The maximum Gasteiger partial charge on any atom is 0.183 e. The van der Waals surface area contributed by atoms with Gasteiger partial charge in [-0.2, -0.15) is 0 Å². The predicted octanol–water partition coefficient (Wildman–Crippen LogP) is 2.81. The third kappa shape index (κ3) is 2.20. The topological polar surface area (TPSA) is 68.5 Å². The summed E-state index contributed by atoms with van der Waals surface area (Å²) in [5, 5.41) is 12.0. The van der Waals surface area contributed by atoms with Crippen molar-refractivity contribution in [1.29, 1.82) is 0 Å². The van der Waals surface area contributed by atoms with Crippen LogP contribution in [-0.4, -0.2) is 25.0 Å². The highest BCUT2D eigenvalue weighted by atomic mass is 35.5. The Morgan fingerprint density at radius 3 is 2.79 bits per heavy atom. The summed E-state index contributed by atoms with van der Waals surface area (Å²) in [4.78, 5) is 8.27. The summed E-state index contributed by atoms with van der Waals surface area (Å²) in [6.07, 6.45) is 1.45. The fourth-order valence-electron chi connectivity index (χ4n) is 1.65. The Morgan fingerprint density at radius 1 is 1.16 bits per heavy atom. The summed E-state index contributed by atoms with van der Waals surface area (Å²) in [6, 6.07) is 5.23. The molecule has 19 heavy (non-hydrogen) atoms. The van der Waals surface area contributed by atoms with E-state index < -0.39 is 0 Å². The molecule has 0 amide bonds. The number of anilines is 2. The molecule has 96 valence electrons. The maximum atomic E-state index is 5.97. The molecule has 1 aromatic carbocycles. The van der Waals surface area contributed by atoms with Crippen molar-refractivity contribution in [2.24, 2.45) is 7.05 Å². The predicted molar refractivity (Wildman–Crippen MR) is 73.8 cm³/mol. The zero-order valence-electron chi connectivity index (χ0n) is 9.80. The molecule has 6 nitrogen and oxygen atoms in total. The van der Waals surface area contributed by atoms with Crippen molar-refractivity contribution in [1.82, 2.24) is 25.0 Å². The molecule has 0 saturated heterocycles. The van der Waals surface area contributed by atoms with Crippen LogP contribution >= 0.6 is 23.2 Å². The number of benzene rings is 1. The van der Waals surface area contributed by atoms with Gasteiger partial charge >= 0.3 is 0 Å². The monoisotopic (exact) mass is 294 g/mol. The van der Waals surface area contributed by atoms with Crippen LogP contribution in [0.15, 0.2) is 24.5 Å². The van der Waals surface area contributed by atoms with Crippen LogP contribution in [0.3, 0.4) is 0 Å². The average molecular weight is 295 g/mol. The van der Waals surface area contributed by atoms with Gasteiger partial charge < -0.3 is 5.32 Å². The van der Waals surface area contributed by atoms with Crippen LogP contribution in [0.25, 0.3) is 11.2 Å². The molecule has 8 heteroatoms. The Kier molecular flexibility index (Phi) is 2.96. The van der Waals surface area contributed by atoms with Crippen molar-refractivity contribution in [2.45, 2.75) is 0 Å². The van der Waals surface area contributed by atoms with Crippen LogP contribution < -0.4 is 5.32 Å². The fourth-order valence-corrected chi connectivity index (χ4v) is 1.95. The molecule has 0 aliphatic carbocycles. The third-order valence-electron chi connectivity index (χ3n) is 2.57. The van der Waals surface area contributed by atoms with E-state index in [1.165, 1.54) is 6.33 Å². The molecule has 0 spiro atoms. The third-order valence-corrected chi connectivity index (χ3v) is 3.31. The molecule has 0 bridgehead atoms. The first-order valence-corrected chi connectivity index (χ1v) is 6.13. The van der Waals surface area contributed by atoms with E-state index in [1.54, 1.807) is 29.9 Å². The Morgan fingerprint density at radius 2 is 2.00 bits per heavy atom. The Labute approximate surface area is 118 Å². The Balaban J connectivity index is 2.03. The number of hydrogen-bond acceptors (Lipinski definition) is 5. The van der Waals surface area contributed by atoms with Crippen LogP contribution in [0, 0.1) is 0 Å². The molecule has 0 atom stereocenters. The van der Waals surface area contributed by atoms with Crippen LogP contribution in [0.2, 0.25) is 10.0 Å². The minimum atomic E-state index is 0.469. The summed E-state index contributed by atoms with van der Waals surface area (Å²) >= 11 is 11.8. The van der Waals surface area contributed by atoms with E-state index in [-0.39, 0.29) is 0 Å². The zero-order valence-corrected chi connectivity index (χ0v) is 11.3. The van der Waals surface area contributed by atoms with E-state index in [1.807, 2.05) is 0 Å². The molecular weight excluding hydrogens is 287 g/mol. The van der Waals surface area contributed by atoms with Gasteiger partial charge in [0.25, 0.3) is 0 Å². The number of aryl methyl sites for hydroxylation is 1. The smallest absolute Gasteiger partial charge is 0.183 e. The highest BCUT2D eigenvalue weighted by molar-refractivity contribution is 6.42. The fraction of sp³-hybridized carbons (Fsp3) is 0.0909. The Bertz CT molecular complexity index is 754. The summed E-state index contributed by atoms with van der Waals surface area (Å²) < 4.78 is 1.58. The average Bonchev–Trinajstić information content (AvgIpc) is 2.77. The van der Waals surface area contributed by atoms with Gasteiger partial charge in [0.2, 0.25) is 0 Å². The standard InChI is InChI=1S/C11H8Cl2N6/c1-19-11-9(17-18-19)10(14-5-15-11)16-6-2-3-7(12)8(13)4-6/h2-5H,1H3,(H,14,15,16). The number of aromatic nitrogens is 5. The Hall–Kier alpha value is -1.92. The first kappa shape index (κ1) is 12.1. The van der Waals surface area contributed by atoms with Crippen molar-refractivity contribution < 1.29 is 0 Å². The van der Waals surface area contributed by atoms with Gasteiger partial charge in [0.1, 0.15) is 6.33 Å². The van der Waals surface area contributed by atoms with Crippen LogP contribution in [0.5, 0.6) is 0 Å². The number of nitrogens with zero attached hydrogens (tertiary/aromatic N) is 5. The molecular formula is C11H8Cl2N6. The van der Waals surface area contributed by atoms with Crippen LogP contribution in [0.1, 0.15) is 0 Å². The lowest BCUT2D eigenvalue weighted by Crippen LogP contribution is -1.97. The van der Waals surface area contributed by atoms with Crippen LogP contribution in [-0.2, 0) is 7.05 Å². The maximum absolute atomic E-state index is 5.97. The van der Waals surface area contributed by atoms with Gasteiger partial charge in [-0.1, -0.05) is 28.4 Å². The summed E-state index contributed by atoms with van der Waals surface area (Å²) in [5.74, 6) is 0.566. The van der Waals surface area contributed by atoms with Gasteiger partial charge in [-0.3, -0.25) is 0 Å². The molecule has 3 rings (SSSR count). The largest absolute Gasteiger partial charge is 0.338 e. The summed E-state index contributed by atoms with van der Waals surface area (Å²) in [5.41, 5.74) is 2.01. The van der Waals surface area contributed by atoms with Gasteiger partial charge in [-0.15, -0.1) is 5.10 Å². The second-order valence-electron chi connectivity index (χ2n) is 3.86. The van der Waals surface area contributed by atoms with E-state index in [4.69, 9.17) is 23.2 Å². The van der Waals surface area contributed by atoms with Crippen molar-refractivity contribution >= 4 is 45.9 Å². The van der Waals surface area contributed by atoms with Crippen molar-refractivity contribution in [3.63, 3.8) is 0 Å². The summed E-state index contributed by atoms with van der Waals surface area (Å²) in [6.45, 7) is 0. The van der Waals surface area contributed by atoms with E-state index in [0.717, 1.165) is 5.69 Å². The zero-order chi connectivity index (χ0) is 13.4. The highest BCUT2D eigenvalue weighted by Crippen LogP contribution is 2.27.